The number of anilines is 1. The molecule has 0 saturated carbocycles. The van der Waals surface area contributed by atoms with Crippen LogP contribution in [0, 0.1) is 10.1 Å². The van der Waals surface area contributed by atoms with Crippen molar-refractivity contribution in [3.05, 3.63) is 50.6 Å². The molecule has 0 fully saturated rings. The number of aromatic nitrogens is 2. The maximum Gasteiger partial charge on any atom is 0.404 e. The fourth-order valence-corrected chi connectivity index (χ4v) is 2.30. The van der Waals surface area contributed by atoms with E-state index in [1.807, 2.05) is 0 Å². The van der Waals surface area contributed by atoms with E-state index in [-0.39, 0.29) is 23.4 Å². The third-order valence-corrected chi connectivity index (χ3v) is 3.42. The topological polar surface area (TPSA) is 116 Å². The molecule has 9 nitrogen and oxygen atoms in total. The van der Waals surface area contributed by atoms with Gasteiger partial charge in [0.25, 0.3) is 0 Å². The van der Waals surface area contributed by atoms with E-state index in [9.17, 15) is 19.7 Å². The second-order valence-electron chi connectivity index (χ2n) is 4.60. The number of nitro groups is 1. The Labute approximate surface area is 144 Å². The molecule has 1 aromatic heterocycles. The van der Waals surface area contributed by atoms with Crippen molar-refractivity contribution in [3.8, 4) is 0 Å². The second-order valence-corrected chi connectivity index (χ2v) is 5.46. The van der Waals surface area contributed by atoms with E-state index in [1.54, 1.807) is 19.1 Å². The molecule has 24 heavy (non-hydrogen) atoms. The predicted octanol–water partition coefficient (Wildman–Crippen LogP) is 2.37. The lowest BCUT2D eigenvalue weighted by Crippen LogP contribution is -2.19. The third-order valence-electron chi connectivity index (χ3n) is 2.86. The molecule has 0 unspecified atom stereocenters. The van der Waals surface area contributed by atoms with E-state index < -0.39 is 16.8 Å². The quantitative estimate of drug-likeness (QED) is 0.455. The second kappa shape index (κ2) is 7.68. The summed E-state index contributed by atoms with van der Waals surface area (Å²) in [5.41, 5.74) is 0.857. The molecule has 0 aliphatic rings. The summed E-state index contributed by atoms with van der Waals surface area (Å²) in [6.07, 6.45) is 1.35. The zero-order chi connectivity index (χ0) is 17.7. The van der Waals surface area contributed by atoms with Gasteiger partial charge in [-0.3, -0.25) is 4.79 Å². The van der Waals surface area contributed by atoms with E-state index in [0.717, 1.165) is 4.68 Å². The van der Waals surface area contributed by atoms with E-state index in [0.29, 0.717) is 11.3 Å². The molecule has 10 heteroatoms. The average molecular weight is 397 g/mol. The van der Waals surface area contributed by atoms with Crippen molar-refractivity contribution >= 4 is 39.3 Å². The molecule has 0 aliphatic carbocycles. The average Bonchev–Trinajstić information content (AvgIpc) is 2.88. The van der Waals surface area contributed by atoms with Crippen molar-refractivity contribution in [2.24, 2.45) is 0 Å². The Bertz CT molecular complexity index is 772. The number of carbonyl (C=O) groups is 2. The van der Waals surface area contributed by atoms with E-state index in [4.69, 9.17) is 4.74 Å². The first-order valence-corrected chi connectivity index (χ1v) is 7.64. The minimum atomic E-state index is -0.646. The zero-order valence-corrected chi connectivity index (χ0v) is 14.1. The highest BCUT2D eigenvalue weighted by atomic mass is 79.9. The van der Waals surface area contributed by atoms with Gasteiger partial charge >= 0.3 is 11.8 Å². The van der Waals surface area contributed by atoms with Gasteiger partial charge < -0.3 is 20.2 Å². The van der Waals surface area contributed by atoms with Crippen LogP contribution in [-0.2, 0) is 16.1 Å². The minimum Gasteiger partial charge on any atom is -0.462 e. The summed E-state index contributed by atoms with van der Waals surface area (Å²) in [5, 5.41) is 17.0. The highest BCUT2D eigenvalue weighted by Gasteiger charge is 2.20. The van der Waals surface area contributed by atoms with Gasteiger partial charge in [0, 0.05) is 5.69 Å². The molecule has 0 spiro atoms. The van der Waals surface area contributed by atoms with Crippen LogP contribution < -0.4 is 5.32 Å². The van der Waals surface area contributed by atoms with Gasteiger partial charge in [-0.05, 0) is 52.0 Å². The maximum absolute atomic E-state index is 11.9. The van der Waals surface area contributed by atoms with Crippen molar-refractivity contribution in [3.63, 3.8) is 0 Å². The summed E-state index contributed by atoms with van der Waals surface area (Å²) in [5.74, 6) is -1.21. The molecule has 2 rings (SSSR count). The number of nitrogens with zero attached hydrogens (tertiary/aromatic N) is 3. The van der Waals surface area contributed by atoms with Gasteiger partial charge in [0.05, 0.1) is 23.5 Å². The van der Waals surface area contributed by atoms with E-state index in [2.05, 4.69) is 26.3 Å². The molecular weight excluding hydrogens is 384 g/mol. The van der Waals surface area contributed by atoms with Crippen LogP contribution in [-0.4, -0.2) is 33.2 Å². The molecule has 0 saturated heterocycles. The number of amides is 1. The minimum absolute atomic E-state index is 0.188. The van der Waals surface area contributed by atoms with Crippen molar-refractivity contribution < 1.29 is 19.2 Å². The summed E-state index contributed by atoms with van der Waals surface area (Å²) in [6.45, 7) is 1.80. The fourth-order valence-electron chi connectivity index (χ4n) is 1.84. The van der Waals surface area contributed by atoms with Crippen LogP contribution in [0.5, 0.6) is 0 Å². The lowest BCUT2D eigenvalue weighted by Gasteiger charge is -2.05. The Morgan fingerprint density at radius 1 is 1.38 bits per heavy atom. The SMILES string of the molecule is CCOC(=O)c1ccc(NC(=O)Cn2cc(Br)c([N+](=O)[O-])n2)cc1. The number of carbonyl (C=O) groups excluding carboxylic acids is 2. The van der Waals surface area contributed by atoms with Crippen LogP contribution in [0.2, 0.25) is 0 Å². The van der Waals surface area contributed by atoms with E-state index in [1.165, 1.54) is 18.3 Å². The van der Waals surface area contributed by atoms with Crippen LogP contribution in [0.25, 0.3) is 0 Å². The predicted molar refractivity (Wildman–Crippen MR) is 87.6 cm³/mol. The monoisotopic (exact) mass is 396 g/mol. The van der Waals surface area contributed by atoms with Gasteiger partial charge in [0.1, 0.15) is 11.0 Å². The normalized spacial score (nSPS) is 10.2. The van der Waals surface area contributed by atoms with Crippen molar-refractivity contribution in [2.75, 3.05) is 11.9 Å². The van der Waals surface area contributed by atoms with Crippen molar-refractivity contribution in [1.29, 1.82) is 0 Å². The molecule has 0 aliphatic heterocycles. The highest BCUT2D eigenvalue weighted by molar-refractivity contribution is 9.10. The maximum atomic E-state index is 11.9. The first-order chi connectivity index (χ1) is 11.4. The Balaban J connectivity index is 1.98. The number of benzene rings is 1. The van der Waals surface area contributed by atoms with Crippen LogP contribution in [0.1, 0.15) is 17.3 Å². The lowest BCUT2D eigenvalue weighted by atomic mass is 10.2. The summed E-state index contributed by atoms with van der Waals surface area (Å²) >= 11 is 3.01. The number of hydrogen-bond donors (Lipinski definition) is 1. The summed E-state index contributed by atoms with van der Waals surface area (Å²) < 4.78 is 6.21. The van der Waals surface area contributed by atoms with Gasteiger partial charge in [-0.15, -0.1) is 0 Å². The van der Waals surface area contributed by atoms with Crippen LogP contribution in [0.15, 0.2) is 34.9 Å². The van der Waals surface area contributed by atoms with E-state index >= 15 is 0 Å². The first-order valence-electron chi connectivity index (χ1n) is 6.85. The Hall–Kier alpha value is -2.75. The highest BCUT2D eigenvalue weighted by Crippen LogP contribution is 2.22. The number of esters is 1. The summed E-state index contributed by atoms with van der Waals surface area (Å²) in [6, 6.07) is 6.18. The molecular formula is C14H13BrN4O5. The molecule has 0 bridgehead atoms. The first kappa shape index (κ1) is 17.6. The number of nitrogens with one attached hydrogen (secondary N) is 1. The molecule has 126 valence electrons. The molecule has 1 amide bonds. The third kappa shape index (κ3) is 4.38. The largest absolute Gasteiger partial charge is 0.462 e. The van der Waals surface area contributed by atoms with Gasteiger partial charge in [0.2, 0.25) is 5.91 Å². The zero-order valence-electron chi connectivity index (χ0n) is 12.6. The van der Waals surface area contributed by atoms with Crippen molar-refractivity contribution in [1.82, 2.24) is 9.78 Å². The Morgan fingerprint density at radius 2 is 2.04 bits per heavy atom. The fraction of sp³-hybridized carbons (Fsp3) is 0.214. The number of halogens is 1. The van der Waals surface area contributed by atoms with Crippen molar-refractivity contribution in [2.45, 2.75) is 13.5 Å². The van der Waals surface area contributed by atoms with Gasteiger partial charge in [-0.25, -0.2) is 4.79 Å². The standard InChI is InChI=1S/C14H13BrN4O5/c1-2-24-14(21)9-3-5-10(6-4-9)16-12(20)8-18-7-11(15)13(17-18)19(22)23/h3-7H,2,8H2,1H3,(H,16,20). The molecule has 1 heterocycles. The van der Waals surface area contributed by atoms with Crippen LogP contribution in [0.4, 0.5) is 11.5 Å². The summed E-state index contributed by atoms with van der Waals surface area (Å²) in [4.78, 5) is 33.5. The Kier molecular flexibility index (Phi) is 5.64. The lowest BCUT2D eigenvalue weighted by molar-refractivity contribution is -0.390. The summed E-state index contributed by atoms with van der Waals surface area (Å²) in [7, 11) is 0. The van der Waals surface area contributed by atoms with Gasteiger partial charge in [-0.1, -0.05) is 0 Å². The van der Waals surface area contributed by atoms with Crippen LogP contribution in [0.3, 0.4) is 0 Å². The molecule has 1 N–H and O–H groups in total. The van der Waals surface area contributed by atoms with Gasteiger partial charge in [-0.2, -0.15) is 4.68 Å². The number of ether oxygens (including phenoxy) is 1. The number of rotatable bonds is 6. The number of hydrogen-bond acceptors (Lipinski definition) is 6. The Morgan fingerprint density at radius 3 is 2.58 bits per heavy atom. The molecule has 0 radical (unpaired) electrons. The smallest absolute Gasteiger partial charge is 0.404 e. The van der Waals surface area contributed by atoms with Crippen LogP contribution >= 0.6 is 15.9 Å². The molecule has 0 atom stereocenters. The van der Waals surface area contributed by atoms with Gasteiger partial charge in [0.15, 0.2) is 0 Å². The molecule has 2 aromatic rings. The molecule has 1 aromatic carbocycles.